The highest BCUT2D eigenvalue weighted by Crippen LogP contribution is 2.25. The predicted octanol–water partition coefficient (Wildman–Crippen LogP) is 6.13. The van der Waals surface area contributed by atoms with Gasteiger partial charge in [-0.3, -0.25) is 4.79 Å². The molecule has 0 fully saturated rings. The Morgan fingerprint density at radius 2 is 1.79 bits per heavy atom. The molecular weight excluding hydrogens is 376 g/mol. The summed E-state index contributed by atoms with van der Waals surface area (Å²) in [5, 5.41) is 1.11. The fraction of sp³-hybridized carbons (Fsp3) is 0.0870. The molecule has 4 aromatic rings. The van der Waals surface area contributed by atoms with Crippen molar-refractivity contribution in [2.24, 2.45) is 0 Å². The summed E-state index contributed by atoms with van der Waals surface area (Å²) in [6, 6.07) is 20.0. The quantitative estimate of drug-likeness (QED) is 0.410. The molecule has 1 heterocycles. The maximum Gasteiger partial charge on any atom is 0.235 e. The average molecular weight is 393 g/mol. The summed E-state index contributed by atoms with van der Waals surface area (Å²) in [6.07, 6.45) is 1.33. The third-order valence-corrected chi connectivity index (χ3v) is 4.50. The third-order valence-electron chi connectivity index (χ3n) is 4.25. The number of halogens is 1. The highest BCUT2D eigenvalue weighted by Gasteiger charge is 2.10. The Bertz CT molecular complexity index is 1180. The lowest BCUT2D eigenvalue weighted by molar-refractivity contribution is 0.306. The van der Waals surface area contributed by atoms with E-state index in [1.807, 2.05) is 49.4 Å². The second-order valence-corrected chi connectivity index (χ2v) is 6.86. The minimum Gasteiger partial charge on any atom is -0.489 e. The molecule has 0 aliphatic heterocycles. The number of fused-ring (bicyclic) bond motifs is 1. The monoisotopic (exact) mass is 392 g/mol. The first-order valence-electron chi connectivity index (χ1n) is 8.76. The summed E-state index contributed by atoms with van der Waals surface area (Å²) in [5.74, 6) is 1.35. The van der Waals surface area contributed by atoms with Crippen LogP contribution in [0.2, 0.25) is 5.02 Å². The largest absolute Gasteiger partial charge is 0.489 e. The smallest absolute Gasteiger partial charge is 0.235 e. The first kappa shape index (κ1) is 18.1. The van der Waals surface area contributed by atoms with E-state index in [1.54, 1.807) is 24.3 Å². The van der Waals surface area contributed by atoms with Crippen LogP contribution in [0.3, 0.4) is 0 Å². The summed E-state index contributed by atoms with van der Waals surface area (Å²) >= 11 is 5.89. The van der Waals surface area contributed by atoms with Crippen molar-refractivity contribution < 1.29 is 13.9 Å². The van der Waals surface area contributed by atoms with Crippen molar-refractivity contribution in [1.82, 2.24) is 0 Å². The van der Waals surface area contributed by atoms with Crippen molar-refractivity contribution >= 4 is 22.6 Å². The standard InChI is InChI=1S/C23H17ClO4/c1-15-3-2-4-19(11-15)28-22-14-27-21-12-18(9-10-20(21)23(22)25)26-13-16-5-7-17(24)8-6-16/h2-12,14H,13H2,1H3. The third kappa shape index (κ3) is 4.02. The molecule has 140 valence electrons. The zero-order chi connectivity index (χ0) is 19.5. The van der Waals surface area contributed by atoms with E-state index < -0.39 is 0 Å². The first-order chi connectivity index (χ1) is 13.6. The van der Waals surface area contributed by atoms with Crippen LogP contribution in [-0.2, 0) is 6.61 Å². The molecule has 0 unspecified atom stereocenters. The van der Waals surface area contributed by atoms with Crippen molar-refractivity contribution in [3.05, 3.63) is 99.4 Å². The van der Waals surface area contributed by atoms with Crippen LogP contribution in [0.5, 0.6) is 17.2 Å². The van der Waals surface area contributed by atoms with E-state index in [9.17, 15) is 4.79 Å². The predicted molar refractivity (Wildman–Crippen MR) is 110 cm³/mol. The number of rotatable bonds is 5. The van der Waals surface area contributed by atoms with Crippen LogP contribution in [0.1, 0.15) is 11.1 Å². The molecule has 28 heavy (non-hydrogen) atoms. The normalized spacial score (nSPS) is 10.8. The van der Waals surface area contributed by atoms with Crippen molar-refractivity contribution in [3.8, 4) is 17.2 Å². The molecule has 0 bridgehead atoms. The van der Waals surface area contributed by atoms with Gasteiger partial charge in [0.15, 0.2) is 0 Å². The van der Waals surface area contributed by atoms with Crippen molar-refractivity contribution in [1.29, 1.82) is 0 Å². The average Bonchev–Trinajstić information content (AvgIpc) is 2.70. The minimum absolute atomic E-state index is 0.146. The molecular formula is C23H17ClO4. The van der Waals surface area contributed by atoms with Gasteiger partial charge < -0.3 is 13.9 Å². The second-order valence-electron chi connectivity index (χ2n) is 6.42. The van der Waals surface area contributed by atoms with Gasteiger partial charge in [0.25, 0.3) is 0 Å². The van der Waals surface area contributed by atoms with Gasteiger partial charge in [-0.05, 0) is 54.4 Å². The van der Waals surface area contributed by atoms with Crippen LogP contribution in [0.15, 0.2) is 82.2 Å². The molecule has 3 aromatic carbocycles. The molecule has 0 aliphatic rings. The molecule has 0 saturated heterocycles. The van der Waals surface area contributed by atoms with Crippen molar-refractivity contribution in [3.63, 3.8) is 0 Å². The van der Waals surface area contributed by atoms with Crippen molar-refractivity contribution in [2.45, 2.75) is 13.5 Å². The molecule has 0 spiro atoms. The van der Waals surface area contributed by atoms with Crippen LogP contribution in [0, 0.1) is 6.92 Å². The number of aryl methyl sites for hydroxylation is 1. The molecule has 0 amide bonds. The number of hydrogen-bond acceptors (Lipinski definition) is 4. The van der Waals surface area contributed by atoms with Crippen molar-refractivity contribution in [2.75, 3.05) is 0 Å². The molecule has 1 aromatic heterocycles. The maximum absolute atomic E-state index is 12.7. The SMILES string of the molecule is Cc1cccc(Oc2coc3cc(OCc4ccc(Cl)cc4)ccc3c2=O)c1. The highest BCUT2D eigenvalue weighted by molar-refractivity contribution is 6.30. The molecule has 0 atom stereocenters. The minimum atomic E-state index is -0.230. The molecule has 4 rings (SSSR count). The van der Waals surface area contributed by atoms with Gasteiger partial charge in [0.2, 0.25) is 11.2 Å². The molecule has 0 saturated carbocycles. The first-order valence-corrected chi connectivity index (χ1v) is 9.13. The van der Waals surface area contributed by atoms with Gasteiger partial charge in [-0.15, -0.1) is 0 Å². The second kappa shape index (κ2) is 7.79. The summed E-state index contributed by atoms with van der Waals surface area (Å²) < 4.78 is 17.1. The Morgan fingerprint density at radius 3 is 2.57 bits per heavy atom. The van der Waals surface area contributed by atoms with E-state index in [1.165, 1.54) is 6.26 Å². The molecule has 0 radical (unpaired) electrons. The van der Waals surface area contributed by atoms with Crippen LogP contribution >= 0.6 is 11.6 Å². The lowest BCUT2D eigenvalue weighted by Gasteiger charge is -2.09. The Morgan fingerprint density at radius 1 is 0.964 bits per heavy atom. The molecule has 4 nitrogen and oxygen atoms in total. The molecule has 0 N–H and O–H groups in total. The van der Waals surface area contributed by atoms with Gasteiger partial charge >= 0.3 is 0 Å². The van der Waals surface area contributed by atoms with Gasteiger partial charge in [0.1, 0.15) is 30.0 Å². The highest BCUT2D eigenvalue weighted by atomic mass is 35.5. The zero-order valence-electron chi connectivity index (χ0n) is 15.1. The van der Waals surface area contributed by atoms with E-state index in [2.05, 4.69) is 0 Å². The zero-order valence-corrected chi connectivity index (χ0v) is 15.9. The van der Waals surface area contributed by atoms with Gasteiger partial charge in [-0.1, -0.05) is 35.9 Å². The Kier molecular flexibility index (Phi) is 5.04. The van der Waals surface area contributed by atoms with Gasteiger partial charge in [0, 0.05) is 11.1 Å². The Labute approximate surface area is 166 Å². The van der Waals surface area contributed by atoms with Crippen LogP contribution in [0.25, 0.3) is 11.0 Å². The van der Waals surface area contributed by atoms with E-state index in [0.717, 1.165) is 11.1 Å². The van der Waals surface area contributed by atoms with E-state index >= 15 is 0 Å². The fourth-order valence-electron chi connectivity index (χ4n) is 2.80. The fourth-order valence-corrected chi connectivity index (χ4v) is 2.93. The van der Waals surface area contributed by atoms with E-state index in [-0.39, 0.29) is 11.2 Å². The number of hydrogen-bond donors (Lipinski definition) is 0. The molecule has 5 heteroatoms. The topological polar surface area (TPSA) is 48.7 Å². The van der Waals surface area contributed by atoms with Gasteiger partial charge in [-0.25, -0.2) is 0 Å². The Hall–Kier alpha value is -3.24. The van der Waals surface area contributed by atoms with E-state index in [0.29, 0.717) is 34.1 Å². The van der Waals surface area contributed by atoms with Gasteiger partial charge in [-0.2, -0.15) is 0 Å². The summed E-state index contributed by atoms with van der Waals surface area (Å²) in [6.45, 7) is 2.35. The van der Waals surface area contributed by atoms with Crippen LogP contribution in [0.4, 0.5) is 0 Å². The maximum atomic E-state index is 12.7. The molecule has 0 aliphatic carbocycles. The lowest BCUT2D eigenvalue weighted by Crippen LogP contribution is -2.05. The number of benzene rings is 3. The summed E-state index contributed by atoms with van der Waals surface area (Å²) in [7, 11) is 0. The lowest BCUT2D eigenvalue weighted by atomic mass is 10.2. The Balaban J connectivity index is 1.55. The van der Waals surface area contributed by atoms with Crippen LogP contribution < -0.4 is 14.9 Å². The number of ether oxygens (including phenoxy) is 2. The summed E-state index contributed by atoms with van der Waals surface area (Å²) in [5.41, 5.74) is 2.25. The summed E-state index contributed by atoms with van der Waals surface area (Å²) in [4.78, 5) is 12.7. The van der Waals surface area contributed by atoms with E-state index in [4.69, 9.17) is 25.5 Å². The van der Waals surface area contributed by atoms with Gasteiger partial charge in [0.05, 0.1) is 5.39 Å². The van der Waals surface area contributed by atoms with Crippen LogP contribution in [-0.4, -0.2) is 0 Å².